The van der Waals surface area contributed by atoms with Crippen LogP contribution in [-0.2, 0) is 13.0 Å². The molecule has 1 saturated heterocycles. The first-order valence-electron chi connectivity index (χ1n) is 11.2. The van der Waals surface area contributed by atoms with Crippen LogP contribution >= 0.6 is 0 Å². The van der Waals surface area contributed by atoms with Gasteiger partial charge >= 0.3 is 0 Å². The monoisotopic (exact) mass is 412 g/mol. The van der Waals surface area contributed by atoms with Crippen LogP contribution in [0.15, 0.2) is 39.8 Å². The smallest absolute Gasteiger partial charge is 0.228 e. The Hall–Kier alpha value is -2.41. The van der Waals surface area contributed by atoms with Gasteiger partial charge in [0.25, 0.3) is 0 Å². The number of likely N-dealkylation sites (tertiary alicyclic amines) is 1. The van der Waals surface area contributed by atoms with Gasteiger partial charge in [-0.3, -0.25) is 9.89 Å². The third-order valence-corrected chi connectivity index (χ3v) is 5.52. The summed E-state index contributed by atoms with van der Waals surface area (Å²) in [7, 11) is 0. The van der Waals surface area contributed by atoms with E-state index in [1.54, 1.807) is 0 Å². The van der Waals surface area contributed by atoms with Gasteiger partial charge in [-0.05, 0) is 32.3 Å². The maximum atomic E-state index is 5.32. The average molecular weight is 413 g/mol. The minimum absolute atomic E-state index is 0.278. The summed E-state index contributed by atoms with van der Waals surface area (Å²) in [6, 6.07) is 11.7. The molecule has 1 aromatic heterocycles. The van der Waals surface area contributed by atoms with Crippen molar-refractivity contribution in [2.45, 2.75) is 71.5 Å². The lowest BCUT2D eigenvalue weighted by molar-refractivity contribution is 0.134. The molecule has 0 saturated carbocycles. The number of aliphatic imine (C=N–C) groups is 1. The van der Waals surface area contributed by atoms with Crippen LogP contribution in [0.2, 0.25) is 0 Å². The Morgan fingerprint density at radius 1 is 1.30 bits per heavy atom. The van der Waals surface area contributed by atoms with E-state index in [2.05, 4.69) is 83.7 Å². The molecule has 2 atom stereocenters. The zero-order valence-electron chi connectivity index (χ0n) is 18.8. The van der Waals surface area contributed by atoms with Crippen LogP contribution < -0.4 is 10.6 Å². The van der Waals surface area contributed by atoms with Crippen molar-refractivity contribution in [2.24, 2.45) is 4.99 Å². The molecule has 3 rings (SSSR count). The molecule has 7 heteroatoms. The number of hydrogen-bond acceptors (Lipinski definition) is 5. The number of guanidine groups is 1. The Labute approximate surface area is 180 Å². The standard InChI is InChI=1S/C23H36N6O/c1-5-24-23(25-13-11-21-27-22(17(2)3)28-30-21)26-20-12-14-29(18(4)15-20)16-19-9-7-6-8-10-19/h6-10,17-18,20H,5,11-16H2,1-4H3,(H2,24,25,26). The topological polar surface area (TPSA) is 78.6 Å². The minimum atomic E-state index is 0.278. The maximum Gasteiger partial charge on any atom is 0.228 e. The van der Waals surface area contributed by atoms with Crippen LogP contribution in [0.5, 0.6) is 0 Å². The van der Waals surface area contributed by atoms with E-state index in [1.807, 2.05) is 0 Å². The van der Waals surface area contributed by atoms with E-state index in [9.17, 15) is 0 Å². The summed E-state index contributed by atoms with van der Waals surface area (Å²) in [5.74, 6) is 2.56. The molecular weight excluding hydrogens is 376 g/mol. The molecular formula is C23H36N6O. The molecule has 1 aliphatic rings. The second kappa shape index (κ2) is 11.1. The molecule has 0 aliphatic carbocycles. The summed E-state index contributed by atoms with van der Waals surface area (Å²) in [5, 5.41) is 11.0. The average Bonchev–Trinajstić information content (AvgIpc) is 3.20. The molecule has 2 N–H and O–H groups in total. The van der Waals surface area contributed by atoms with Gasteiger partial charge in [-0.25, -0.2) is 0 Å². The number of nitrogens with one attached hydrogen (secondary N) is 2. The van der Waals surface area contributed by atoms with E-state index in [0.717, 1.165) is 44.3 Å². The largest absolute Gasteiger partial charge is 0.357 e. The fourth-order valence-electron chi connectivity index (χ4n) is 3.79. The third-order valence-electron chi connectivity index (χ3n) is 5.52. The predicted octanol–water partition coefficient (Wildman–Crippen LogP) is 3.34. The van der Waals surface area contributed by atoms with Crippen LogP contribution in [0, 0.1) is 0 Å². The quantitative estimate of drug-likeness (QED) is 0.511. The van der Waals surface area contributed by atoms with Gasteiger partial charge in [-0.1, -0.05) is 49.3 Å². The van der Waals surface area contributed by atoms with Gasteiger partial charge in [0.1, 0.15) is 0 Å². The lowest BCUT2D eigenvalue weighted by atomic mass is 9.97. The van der Waals surface area contributed by atoms with Crippen LogP contribution in [0.4, 0.5) is 0 Å². The highest BCUT2D eigenvalue weighted by Gasteiger charge is 2.26. The predicted molar refractivity (Wildman–Crippen MR) is 121 cm³/mol. The number of piperidine rings is 1. The third kappa shape index (κ3) is 6.55. The Kier molecular flexibility index (Phi) is 8.25. The van der Waals surface area contributed by atoms with Gasteiger partial charge in [0, 0.05) is 44.1 Å². The number of hydrogen-bond donors (Lipinski definition) is 2. The number of benzene rings is 1. The molecule has 0 spiro atoms. The highest BCUT2D eigenvalue weighted by molar-refractivity contribution is 5.80. The van der Waals surface area contributed by atoms with E-state index in [4.69, 9.17) is 9.52 Å². The molecule has 2 heterocycles. The Bertz CT molecular complexity index is 788. The molecule has 1 aliphatic heterocycles. The van der Waals surface area contributed by atoms with Gasteiger partial charge in [-0.2, -0.15) is 4.98 Å². The van der Waals surface area contributed by atoms with Crippen molar-refractivity contribution >= 4 is 5.96 Å². The van der Waals surface area contributed by atoms with Crippen LogP contribution in [0.25, 0.3) is 0 Å². The highest BCUT2D eigenvalue weighted by atomic mass is 16.5. The first kappa shape index (κ1) is 22.3. The van der Waals surface area contributed by atoms with Crippen molar-refractivity contribution in [1.82, 2.24) is 25.7 Å². The molecule has 0 amide bonds. The first-order chi connectivity index (χ1) is 14.5. The summed E-state index contributed by atoms with van der Waals surface area (Å²) in [6.45, 7) is 12.1. The highest BCUT2D eigenvalue weighted by Crippen LogP contribution is 2.20. The molecule has 164 valence electrons. The summed E-state index contributed by atoms with van der Waals surface area (Å²) >= 11 is 0. The number of nitrogens with zero attached hydrogens (tertiary/aromatic N) is 4. The normalized spacial score (nSPS) is 20.5. The zero-order valence-corrected chi connectivity index (χ0v) is 18.8. The molecule has 2 unspecified atom stereocenters. The van der Waals surface area contributed by atoms with Crippen molar-refractivity contribution < 1.29 is 4.52 Å². The lowest BCUT2D eigenvalue weighted by Crippen LogP contribution is -2.51. The first-order valence-corrected chi connectivity index (χ1v) is 11.2. The summed E-state index contributed by atoms with van der Waals surface area (Å²) in [4.78, 5) is 11.7. The number of aromatic nitrogens is 2. The molecule has 2 aromatic rings. The van der Waals surface area contributed by atoms with Crippen molar-refractivity contribution in [1.29, 1.82) is 0 Å². The SMILES string of the molecule is CCNC(=NCCc1nc(C(C)C)no1)NC1CCN(Cc2ccccc2)C(C)C1. The van der Waals surface area contributed by atoms with Gasteiger partial charge in [0.05, 0.1) is 6.54 Å². The van der Waals surface area contributed by atoms with Crippen LogP contribution in [0.1, 0.15) is 63.7 Å². The van der Waals surface area contributed by atoms with Crippen molar-refractivity contribution in [2.75, 3.05) is 19.6 Å². The van der Waals surface area contributed by atoms with Gasteiger partial charge < -0.3 is 15.2 Å². The van der Waals surface area contributed by atoms with E-state index in [1.165, 1.54) is 5.56 Å². The zero-order chi connectivity index (χ0) is 21.3. The van der Waals surface area contributed by atoms with Crippen molar-refractivity contribution in [3.05, 3.63) is 47.6 Å². The fraction of sp³-hybridized carbons (Fsp3) is 0.609. The van der Waals surface area contributed by atoms with E-state index in [0.29, 0.717) is 30.9 Å². The maximum absolute atomic E-state index is 5.32. The second-order valence-corrected chi connectivity index (χ2v) is 8.38. The van der Waals surface area contributed by atoms with Gasteiger partial charge in [-0.15, -0.1) is 0 Å². The molecule has 1 fully saturated rings. The molecule has 1 aromatic carbocycles. The fourth-order valence-corrected chi connectivity index (χ4v) is 3.79. The summed E-state index contributed by atoms with van der Waals surface area (Å²) in [5.41, 5.74) is 1.38. The van der Waals surface area contributed by atoms with E-state index >= 15 is 0 Å². The summed E-state index contributed by atoms with van der Waals surface area (Å²) < 4.78 is 5.32. The van der Waals surface area contributed by atoms with Crippen LogP contribution in [-0.4, -0.2) is 52.7 Å². The Morgan fingerprint density at radius 2 is 2.10 bits per heavy atom. The Morgan fingerprint density at radius 3 is 2.77 bits per heavy atom. The molecule has 0 bridgehead atoms. The summed E-state index contributed by atoms with van der Waals surface area (Å²) in [6.07, 6.45) is 2.88. The van der Waals surface area contributed by atoms with Gasteiger partial charge in [0.15, 0.2) is 11.8 Å². The van der Waals surface area contributed by atoms with E-state index in [-0.39, 0.29) is 5.92 Å². The molecule has 30 heavy (non-hydrogen) atoms. The minimum Gasteiger partial charge on any atom is -0.357 e. The lowest BCUT2D eigenvalue weighted by Gasteiger charge is -2.38. The van der Waals surface area contributed by atoms with Crippen LogP contribution in [0.3, 0.4) is 0 Å². The van der Waals surface area contributed by atoms with Crippen molar-refractivity contribution in [3.8, 4) is 0 Å². The Balaban J connectivity index is 1.49. The van der Waals surface area contributed by atoms with Crippen molar-refractivity contribution in [3.63, 3.8) is 0 Å². The van der Waals surface area contributed by atoms with E-state index < -0.39 is 0 Å². The second-order valence-electron chi connectivity index (χ2n) is 8.38. The number of rotatable bonds is 8. The molecule has 7 nitrogen and oxygen atoms in total. The van der Waals surface area contributed by atoms with Gasteiger partial charge in [0.2, 0.25) is 5.89 Å². The molecule has 0 radical (unpaired) electrons.